The standard InChI is InChI=1S/C22H32N4O2/c1-2-20(28)26-4-3-17-18(12-26)24-13-25-21(17)23-11-19(27)22-8-14-5-15(9-22)7-16(6-14)10-22/h13-16,19,27H,2-12H2,1H3,(H,23,24,25). The maximum absolute atomic E-state index is 12.0. The quantitative estimate of drug-likeness (QED) is 0.816. The van der Waals surface area contributed by atoms with Gasteiger partial charge in [0.25, 0.3) is 0 Å². The summed E-state index contributed by atoms with van der Waals surface area (Å²) >= 11 is 0. The van der Waals surface area contributed by atoms with Gasteiger partial charge in [0.15, 0.2) is 0 Å². The Morgan fingerprint density at radius 2 is 1.93 bits per heavy atom. The number of rotatable bonds is 5. The van der Waals surface area contributed by atoms with E-state index >= 15 is 0 Å². The van der Waals surface area contributed by atoms with Gasteiger partial charge in [0.2, 0.25) is 5.91 Å². The van der Waals surface area contributed by atoms with Gasteiger partial charge in [0.05, 0.1) is 18.3 Å². The maximum atomic E-state index is 12.0. The first-order valence-electron chi connectivity index (χ1n) is 11.1. The zero-order valence-electron chi connectivity index (χ0n) is 16.9. The van der Waals surface area contributed by atoms with Gasteiger partial charge >= 0.3 is 0 Å². The van der Waals surface area contributed by atoms with Crippen LogP contribution in [-0.2, 0) is 17.8 Å². The van der Waals surface area contributed by atoms with Crippen LogP contribution in [0.5, 0.6) is 0 Å². The number of carbonyl (C=O) groups is 1. The van der Waals surface area contributed by atoms with E-state index in [2.05, 4.69) is 15.3 Å². The summed E-state index contributed by atoms with van der Waals surface area (Å²) in [5.74, 6) is 3.55. The van der Waals surface area contributed by atoms with E-state index in [4.69, 9.17) is 0 Å². The Bertz CT molecular complexity index is 730. The van der Waals surface area contributed by atoms with Crippen LogP contribution in [0.4, 0.5) is 5.82 Å². The largest absolute Gasteiger partial charge is 0.391 e. The van der Waals surface area contributed by atoms with Crippen LogP contribution < -0.4 is 5.32 Å². The minimum Gasteiger partial charge on any atom is -0.391 e. The second-order valence-corrected chi connectivity index (χ2v) is 9.74. The maximum Gasteiger partial charge on any atom is 0.222 e. The van der Waals surface area contributed by atoms with Crippen molar-refractivity contribution in [3.63, 3.8) is 0 Å². The second kappa shape index (κ2) is 6.97. The van der Waals surface area contributed by atoms with Gasteiger partial charge in [-0.1, -0.05) is 6.92 Å². The SMILES string of the molecule is CCC(=O)N1CCc2c(ncnc2NCC(O)C23CC4CC(CC(C4)C2)C3)C1. The van der Waals surface area contributed by atoms with Crippen molar-refractivity contribution in [1.29, 1.82) is 0 Å². The van der Waals surface area contributed by atoms with Crippen LogP contribution in [0.25, 0.3) is 0 Å². The number of aromatic nitrogens is 2. The molecule has 4 bridgehead atoms. The lowest BCUT2D eigenvalue weighted by Crippen LogP contribution is -2.53. The molecule has 6 rings (SSSR count). The van der Waals surface area contributed by atoms with Crippen molar-refractivity contribution in [2.75, 3.05) is 18.4 Å². The molecule has 6 heteroatoms. The first-order valence-corrected chi connectivity index (χ1v) is 11.1. The molecule has 4 saturated carbocycles. The van der Waals surface area contributed by atoms with Crippen LogP contribution in [0, 0.1) is 23.2 Å². The third-order valence-electron chi connectivity index (χ3n) is 7.92. The number of aliphatic hydroxyl groups excluding tert-OH is 1. The molecule has 2 heterocycles. The average Bonchev–Trinajstić information content (AvgIpc) is 2.69. The van der Waals surface area contributed by atoms with E-state index in [0.717, 1.165) is 47.8 Å². The molecule has 0 aromatic carbocycles. The van der Waals surface area contributed by atoms with Crippen molar-refractivity contribution in [2.24, 2.45) is 23.2 Å². The minimum absolute atomic E-state index is 0.124. The highest BCUT2D eigenvalue weighted by Gasteiger charge is 2.53. The third kappa shape index (κ3) is 3.10. The molecule has 1 atom stereocenters. The summed E-state index contributed by atoms with van der Waals surface area (Å²) < 4.78 is 0. The van der Waals surface area contributed by atoms with Crippen molar-refractivity contribution >= 4 is 11.7 Å². The van der Waals surface area contributed by atoms with Crippen LogP contribution >= 0.6 is 0 Å². The van der Waals surface area contributed by atoms with Gasteiger partial charge in [-0.3, -0.25) is 4.79 Å². The van der Waals surface area contributed by atoms with Gasteiger partial charge in [-0.2, -0.15) is 0 Å². The minimum atomic E-state index is -0.312. The highest BCUT2D eigenvalue weighted by molar-refractivity contribution is 5.76. The molecule has 2 N–H and O–H groups in total. The number of anilines is 1. The van der Waals surface area contributed by atoms with Crippen LogP contribution in [0.3, 0.4) is 0 Å². The zero-order valence-corrected chi connectivity index (χ0v) is 16.9. The molecule has 28 heavy (non-hydrogen) atoms. The number of hydrogen-bond acceptors (Lipinski definition) is 5. The van der Waals surface area contributed by atoms with E-state index in [1.807, 2.05) is 11.8 Å². The Kier molecular flexibility index (Phi) is 4.57. The van der Waals surface area contributed by atoms with E-state index in [0.29, 0.717) is 19.5 Å². The summed E-state index contributed by atoms with van der Waals surface area (Å²) in [5, 5.41) is 14.6. The Labute approximate surface area is 167 Å². The number of carbonyl (C=O) groups excluding carboxylic acids is 1. The molecule has 1 amide bonds. The lowest BCUT2D eigenvalue weighted by atomic mass is 9.48. The smallest absolute Gasteiger partial charge is 0.222 e. The van der Waals surface area contributed by atoms with E-state index in [9.17, 15) is 9.90 Å². The van der Waals surface area contributed by atoms with Gasteiger partial charge < -0.3 is 15.3 Å². The van der Waals surface area contributed by atoms with Crippen molar-refractivity contribution in [1.82, 2.24) is 14.9 Å². The molecule has 5 aliphatic rings. The lowest BCUT2D eigenvalue weighted by molar-refractivity contribution is -0.131. The van der Waals surface area contributed by atoms with Gasteiger partial charge in [0.1, 0.15) is 12.1 Å². The highest BCUT2D eigenvalue weighted by Crippen LogP contribution is 2.61. The van der Waals surface area contributed by atoms with E-state index in [1.54, 1.807) is 6.33 Å². The summed E-state index contributed by atoms with van der Waals surface area (Å²) in [7, 11) is 0. The lowest BCUT2D eigenvalue weighted by Gasteiger charge is -2.58. The Morgan fingerprint density at radius 1 is 1.25 bits per heavy atom. The molecule has 4 fully saturated rings. The molecular weight excluding hydrogens is 352 g/mol. The van der Waals surface area contributed by atoms with Crippen LogP contribution in [0.2, 0.25) is 0 Å². The number of nitrogens with zero attached hydrogens (tertiary/aromatic N) is 3. The molecule has 1 aliphatic heterocycles. The topological polar surface area (TPSA) is 78.4 Å². The van der Waals surface area contributed by atoms with E-state index in [-0.39, 0.29) is 17.4 Å². The van der Waals surface area contributed by atoms with Gasteiger partial charge in [-0.05, 0) is 68.1 Å². The van der Waals surface area contributed by atoms with Gasteiger partial charge in [-0.25, -0.2) is 9.97 Å². The number of aliphatic hydroxyl groups is 1. The zero-order chi connectivity index (χ0) is 19.3. The Hall–Kier alpha value is -1.69. The van der Waals surface area contributed by atoms with Crippen molar-refractivity contribution < 1.29 is 9.90 Å². The number of amides is 1. The van der Waals surface area contributed by atoms with Crippen LogP contribution in [-0.4, -0.2) is 45.1 Å². The highest BCUT2D eigenvalue weighted by atomic mass is 16.3. The normalized spacial score (nSPS) is 34.2. The monoisotopic (exact) mass is 384 g/mol. The van der Waals surface area contributed by atoms with Gasteiger partial charge in [-0.15, -0.1) is 0 Å². The Morgan fingerprint density at radius 3 is 2.57 bits per heavy atom. The predicted molar refractivity (Wildman–Crippen MR) is 107 cm³/mol. The summed E-state index contributed by atoms with van der Waals surface area (Å²) in [4.78, 5) is 22.8. The fourth-order valence-electron chi connectivity index (χ4n) is 6.94. The fraction of sp³-hybridized carbons (Fsp3) is 0.773. The predicted octanol–water partition coefficient (Wildman–Crippen LogP) is 2.76. The first kappa shape index (κ1) is 18.3. The molecule has 1 unspecified atom stereocenters. The van der Waals surface area contributed by atoms with Crippen LogP contribution in [0.1, 0.15) is 63.1 Å². The summed E-state index contributed by atoms with van der Waals surface area (Å²) in [6.07, 6.45) is 10.4. The van der Waals surface area contributed by atoms with E-state index < -0.39 is 0 Å². The molecule has 0 radical (unpaired) electrons. The molecule has 4 aliphatic carbocycles. The van der Waals surface area contributed by atoms with E-state index in [1.165, 1.54) is 38.5 Å². The summed E-state index contributed by atoms with van der Waals surface area (Å²) in [5.41, 5.74) is 2.18. The Balaban J connectivity index is 1.27. The second-order valence-electron chi connectivity index (χ2n) is 9.74. The van der Waals surface area contributed by atoms with Crippen molar-refractivity contribution in [3.05, 3.63) is 17.6 Å². The number of fused-ring (bicyclic) bond motifs is 1. The van der Waals surface area contributed by atoms with Crippen molar-refractivity contribution in [3.8, 4) is 0 Å². The summed E-state index contributed by atoms with van der Waals surface area (Å²) in [6.45, 7) is 3.75. The molecule has 6 nitrogen and oxygen atoms in total. The molecule has 152 valence electrons. The third-order valence-corrected chi connectivity index (χ3v) is 7.92. The molecule has 0 spiro atoms. The molecule has 1 aromatic rings. The molecule has 1 aromatic heterocycles. The van der Waals surface area contributed by atoms with Gasteiger partial charge in [0, 0.05) is 25.1 Å². The number of hydrogen-bond donors (Lipinski definition) is 2. The molecular formula is C22H32N4O2. The van der Waals surface area contributed by atoms with Crippen molar-refractivity contribution in [2.45, 2.75) is 70.9 Å². The first-order chi connectivity index (χ1) is 13.6. The van der Waals surface area contributed by atoms with Crippen LogP contribution in [0.15, 0.2) is 6.33 Å². The average molecular weight is 385 g/mol. The summed E-state index contributed by atoms with van der Waals surface area (Å²) in [6, 6.07) is 0. The number of nitrogens with one attached hydrogen (secondary N) is 1. The molecule has 0 saturated heterocycles. The fourth-order valence-corrected chi connectivity index (χ4v) is 6.94.